The summed E-state index contributed by atoms with van der Waals surface area (Å²) >= 11 is 5.62. The monoisotopic (exact) mass is 298 g/mol. The van der Waals surface area contributed by atoms with Gasteiger partial charge in [-0.25, -0.2) is 15.2 Å². The van der Waals surface area contributed by atoms with Gasteiger partial charge in [0.25, 0.3) is 0 Å². The van der Waals surface area contributed by atoms with Crippen molar-refractivity contribution >= 4 is 34.7 Å². The van der Waals surface area contributed by atoms with Crippen LogP contribution < -0.4 is 16.6 Å². The zero-order chi connectivity index (χ0) is 14.7. The molecule has 0 unspecified atom stereocenters. The van der Waals surface area contributed by atoms with Crippen LogP contribution in [0.15, 0.2) is 24.4 Å². The molecule has 0 saturated heterocycles. The SMILES string of the molecule is NNc1ncc([N+](=O)[O-])c(Nc2ccc(Cl)cc2F)n1. The van der Waals surface area contributed by atoms with Crippen LogP contribution in [0.25, 0.3) is 0 Å². The van der Waals surface area contributed by atoms with Gasteiger partial charge >= 0.3 is 5.69 Å². The molecule has 0 radical (unpaired) electrons. The summed E-state index contributed by atoms with van der Waals surface area (Å²) in [7, 11) is 0. The average Bonchev–Trinajstić information content (AvgIpc) is 2.41. The molecule has 10 heteroatoms. The molecular weight excluding hydrogens is 291 g/mol. The molecule has 1 heterocycles. The van der Waals surface area contributed by atoms with E-state index >= 15 is 0 Å². The maximum Gasteiger partial charge on any atom is 0.329 e. The predicted molar refractivity (Wildman–Crippen MR) is 71.2 cm³/mol. The number of rotatable bonds is 4. The van der Waals surface area contributed by atoms with E-state index in [1.807, 2.05) is 0 Å². The number of nitrogens with one attached hydrogen (secondary N) is 2. The molecule has 8 nitrogen and oxygen atoms in total. The summed E-state index contributed by atoms with van der Waals surface area (Å²) in [6, 6.07) is 3.83. The number of anilines is 3. The highest BCUT2D eigenvalue weighted by atomic mass is 35.5. The van der Waals surface area contributed by atoms with Crippen LogP contribution in [0.5, 0.6) is 0 Å². The fraction of sp³-hybridized carbons (Fsp3) is 0. The fourth-order valence-electron chi connectivity index (χ4n) is 1.39. The first kappa shape index (κ1) is 13.9. The number of halogens is 2. The summed E-state index contributed by atoms with van der Waals surface area (Å²) < 4.78 is 13.7. The minimum Gasteiger partial charge on any atom is -0.332 e. The van der Waals surface area contributed by atoms with Crippen molar-refractivity contribution in [3.63, 3.8) is 0 Å². The van der Waals surface area contributed by atoms with Gasteiger partial charge in [0.15, 0.2) is 0 Å². The molecule has 0 atom stereocenters. The van der Waals surface area contributed by atoms with Crippen molar-refractivity contribution in [3.8, 4) is 0 Å². The van der Waals surface area contributed by atoms with Gasteiger partial charge in [-0.05, 0) is 18.2 Å². The standard InChI is InChI=1S/C10H8ClFN6O2/c11-5-1-2-7(6(12)3-5)15-9-8(18(19)20)4-14-10(16-9)17-13/h1-4H,13H2,(H2,14,15,16,17). The summed E-state index contributed by atoms with van der Waals surface area (Å²) in [4.78, 5) is 17.6. The molecule has 4 N–H and O–H groups in total. The number of nitro groups is 1. The number of nitrogens with two attached hydrogens (primary N) is 1. The van der Waals surface area contributed by atoms with Gasteiger partial charge in [-0.2, -0.15) is 4.98 Å². The van der Waals surface area contributed by atoms with Crippen molar-refractivity contribution < 1.29 is 9.31 Å². The molecule has 0 saturated carbocycles. The third kappa shape index (κ3) is 2.90. The molecule has 1 aromatic heterocycles. The number of benzene rings is 1. The van der Waals surface area contributed by atoms with E-state index in [9.17, 15) is 14.5 Å². The minimum absolute atomic E-state index is 0.0147. The Kier molecular flexibility index (Phi) is 3.91. The summed E-state index contributed by atoms with van der Waals surface area (Å²) in [6.45, 7) is 0. The van der Waals surface area contributed by atoms with E-state index in [4.69, 9.17) is 17.4 Å². The molecule has 0 spiro atoms. The Labute approximate surface area is 116 Å². The second-order valence-electron chi connectivity index (χ2n) is 3.58. The Bertz CT molecular complexity index is 668. The van der Waals surface area contributed by atoms with Crippen molar-refractivity contribution in [2.75, 3.05) is 10.7 Å². The molecule has 104 valence electrons. The highest BCUT2D eigenvalue weighted by Gasteiger charge is 2.18. The molecule has 2 rings (SSSR count). The summed E-state index contributed by atoms with van der Waals surface area (Å²) in [5.41, 5.74) is 1.71. The third-order valence-electron chi connectivity index (χ3n) is 2.28. The lowest BCUT2D eigenvalue weighted by atomic mass is 10.3. The van der Waals surface area contributed by atoms with Crippen LogP contribution in [-0.2, 0) is 0 Å². The van der Waals surface area contributed by atoms with Crippen LogP contribution >= 0.6 is 11.6 Å². The number of hydrogen-bond donors (Lipinski definition) is 3. The van der Waals surface area contributed by atoms with E-state index in [1.165, 1.54) is 12.1 Å². The van der Waals surface area contributed by atoms with Crippen LogP contribution in [0, 0.1) is 15.9 Å². The maximum atomic E-state index is 13.7. The molecule has 0 fully saturated rings. The van der Waals surface area contributed by atoms with E-state index < -0.39 is 16.4 Å². The Morgan fingerprint density at radius 2 is 2.20 bits per heavy atom. The van der Waals surface area contributed by atoms with Crippen LogP contribution in [0.3, 0.4) is 0 Å². The van der Waals surface area contributed by atoms with E-state index in [1.54, 1.807) is 0 Å². The number of hydrogen-bond acceptors (Lipinski definition) is 7. The first-order valence-electron chi connectivity index (χ1n) is 5.21. The number of nitrogens with zero attached hydrogens (tertiary/aromatic N) is 3. The molecule has 1 aromatic carbocycles. The molecule has 20 heavy (non-hydrogen) atoms. The Hall–Kier alpha value is -2.52. The van der Waals surface area contributed by atoms with Crippen LogP contribution in [0.1, 0.15) is 0 Å². The van der Waals surface area contributed by atoms with Gasteiger partial charge in [0.2, 0.25) is 11.8 Å². The lowest BCUT2D eigenvalue weighted by Crippen LogP contribution is -2.12. The van der Waals surface area contributed by atoms with E-state index in [-0.39, 0.29) is 22.5 Å². The zero-order valence-corrected chi connectivity index (χ0v) is 10.6. The van der Waals surface area contributed by atoms with Crippen LogP contribution in [0.2, 0.25) is 5.02 Å². The second kappa shape index (κ2) is 5.63. The number of hydrazine groups is 1. The molecule has 0 amide bonds. The topological polar surface area (TPSA) is 119 Å². The molecule has 0 aliphatic carbocycles. The lowest BCUT2D eigenvalue weighted by Gasteiger charge is -2.08. The lowest BCUT2D eigenvalue weighted by molar-refractivity contribution is -0.384. The quantitative estimate of drug-likeness (QED) is 0.449. The third-order valence-corrected chi connectivity index (χ3v) is 2.51. The van der Waals surface area contributed by atoms with Gasteiger partial charge in [0, 0.05) is 5.02 Å². The molecule has 2 aromatic rings. The molecule has 0 bridgehead atoms. The minimum atomic E-state index is -0.698. The van der Waals surface area contributed by atoms with Gasteiger partial charge in [0.05, 0.1) is 10.6 Å². The maximum absolute atomic E-state index is 13.7. The van der Waals surface area contributed by atoms with Gasteiger partial charge in [0.1, 0.15) is 12.0 Å². The van der Waals surface area contributed by atoms with Crippen LogP contribution in [-0.4, -0.2) is 14.9 Å². The first-order chi connectivity index (χ1) is 9.51. The number of nitrogen functional groups attached to an aromatic ring is 1. The van der Waals surface area contributed by atoms with Gasteiger partial charge in [-0.1, -0.05) is 11.6 Å². The Balaban J connectivity index is 2.43. The summed E-state index contributed by atoms with van der Waals surface area (Å²) in [6.07, 6.45) is 0.957. The smallest absolute Gasteiger partial charge is 0.329 e. The Morgan fingerprint density at radius 3 is 2.80 bits per heavy atom. The zero-order valence-electron chi connectivity index (χ0n) is 9.80. The normalized spacial score (nSPS) is 10.2. The highest BCUT2D eigenvalue weighted by Crippen LogP contribution is 2.28. The summed E-state index contributed by atoms with van der Waals surface area (Å²) in [5, 5.41) is 13.6. The Morgan fingerprint density at radius 1 is 1.45 bits per heavy atom. The van der Waals surface area contributed by atoms with Crippen molar-refractivity contribution in [2.24, 2.45) is 5.84 Å². The first-order valence-corrected chi connectivity index (χ1v) is 5.59. The average molecular weight is 299 g/mol. The highest BCUT2D eigenvalue weighted by molar-refractivity contribution is 6.30. The van der Waals surface area contributed by atoms with Crippen molar-refractivity contribution in [1.82, 2.24) is 9.97 Å². The van der Waals surface area contributed by atoms with Crippen molar-refractivity contribution in [3.05, 3.63) is 45.4 Å². The van der Waals surface area contributed by atoms with Gasteiger partial charge in [-0.3, -0.25) is 15.5 Å². The van der Waals surface area contributed by atoms with Crippen molar-refractivity contribution in [1.29, 1.82) is 0 Å². The second-order valence-corrected chi connectivity index (χ2v) is 4.01. The van der Waals surface area contributed by atoms with E-state index in [0.717, 1.165) is 12.3 Å². The van der Waals surface area contributed by atoms with E-state index in [2.05, 4.69) is 20.7 Å². The number of aromatic nitrogens is 2. The van der Waals surface area contributed by atoms with Gasteiger partial charge < -0.3 is 5.32 Å². The molecular formula is C10H8ClFN6O2. The summed E-state index contributed by atoms with van der Waals surface area (Å²) in [5.74, 6) is 4.21. The predicted octanol–water partition coefficient (Wildman–Crippen LogP) is 2.21. The van der Waals surface area contributed by atoms with Crippen molar-refractivity contribution in [2.45, 2.75) is 0 Å². The van der Waals surface area contributed by atoms with Gasteiger partial charge in [-0.15, -0.1) is 0 Å². The fourth-order valence-corrected chi connectivity index (χ4v) is 1.55. The largest absolute Gasteiger partial charge is 0.332 e. The molecule has 0 aliphatic heterocycles. The van der Waals surface area contributed by atoms with E-state index in [0.29, 0.717) is 0 Å². The molecule has 0 aliphatic rings. The van der Waals surface area contributed by atoms with Crippen LogP contribution in [0.4, 0.5) is 27.5 Å².